The summed E-state index contributed by atoms with van der Waals surface area (Å²) in [7, 11) is 3.14. The van der Waals surface area contributed by atoms with Crippen LogP contribution in [0.5, 0.6) is 5.88 Å². The second kappa shape index (κ2) is 4.44. The number of pyridine rings is 2. The van der Waals surface area contributed by atoms with Crippen molar-refractivity contribution in [1.82, 2.24) is 9.97 Å². The molecule has 94 valence electrons. The highest BCUT2D eigenvalue weighted by molar-refractivity contribution is 5.94. The molecule has 0 aliphatic carbocycles. The SMILES string of the molecule is CNc1c([N+](=O)[O-])c(C)nc2nc(OC)ccc12. The van der Waals surface area contributed by atoms with Gasteiger partial charge in [-0.3, -0.25) is 10.1 Å². The van der Waals surface area contributed by atoms with Crippen LogP contribution in [0.1, 0.15) is 5.69 Å². The second-order valence-corrected chi connectivity index (χ2v) is 3.65. The van der Waals surface area contributed by atoms with Crippen molar-refractivity contribution >= 4 is 22.4 Å². The van der Waals surface area contributed by atoms with E-state index in [0.717, 1.165) is 0 Å². The molecule has 2 aromatic rings. The third-order valence-electron chi connectivity index (χ3n) is 2.61. The molecule has 0 aliphatic heterocycles. The Hall–Kier alpha value is -2.44. The van der Waals surface area contributed by atoms with Crippen LogP contribution in [0.25, 0.3) is 11.0 Å². The Morgan fingerprint density at radius 3 is 2.67 bits per heavy atom. The molecule has 0 spiro atoms. The van der Waals surface area contributed by atoms with Gasteiger partial charge < -0.3 is 10.1 Å². The summed E-state index contributed by atoms with van der Waals surface area (Å²) < 4.78 is 5.01. The number of nitrogens with zero attached hydrogens (tertiary/aromatic N) is 3. The number of nitro groups is 1. The van der Waals surface area contributed by atoms with Gasteiger partial charge in [-0.1, -0.05) is 0 Å². The Morgan fingerprint density at radius 2 is 2.11 bits per heavy atom. The summed E-state index contributed by atoms with van der Waals surface area (Å²) in [6.45, 7) is 1.58. The first-order valence-corrected chi connectivity index (χ1v) is 5.26. The maximum atomic E-state index is 11.0. The number of fused-ring (bicyclic) bond motifs is 1. The molecular formula is C11H12N4O3. The molecule has 7 nitrogen and oxygen atoms in total. The van der Waals surface area contributed by atoms with E-state index < -0.39 is 4.92 Å². The van der Waals surface area contributed by atoms with Gasteiger partial charge >= 0.3 is 5.69 Å². The molecule has 0 fully saturated rings. The number of rotatable bonds is 3. The van der Waals surface area contributed by atoms with Crippen LogP contribution >= 0.6 is 0 Å². The highest BCUT2D eigenvalue weighted by Gasteiger charge is 2.22. The number of aromatic nitrogens is 2. The zero-order chi connectivity index (χ0) is 13.3. The van der Waals surface area contributed by atoms with E-state index in [4.69, 9.17) is 4.74 Å². The third kappa shape index (κ3) is 1.79. The number of hydrogen-bond donors (Lipinski definition) is 1. The van der Waals surface area contributed by atoms with E-state index in [1.54, 1.807) is 26.1 Å². The fraction of sp³-hybridized carbons (Fsp3) is 0.273. The van der Waals surface area contributed by atoms with Gasteiger partial charge in [0.2, 0.25) is 5.88 Å². The van der Waals surface area contributed by atoms with Crippen LogP contribution in [0.4, 0.5) is 11.4 Å². The number of ether oxygens (including phenoxy) is 1. The van der Waals surface area contributed by atoms with E-state index in [2.05, 4.69) is 15.3 Å². The summed E-state index contributed by atoms with van der Waals surface area (Å²) in [5.41, 5.74) is 1.12. The number of nitrogens with one attached hydrogen (secondary N) is 1. The minimum Gasteiger partial charge on any atom is -0.481 e. The van der Waals surface area contributed by atoms with E-state index >= 15 is 0 Å². The quantitative estimate of drug-likeness (QED) is 0.659. The molecule has 1 N–H and O–H groups in total. The van der Waals surface area contributed by atoms with Crippen molar-refractivity contribution < 1.29 is 9.66 Å². The third-order valence-corrected chi connectivity index (χ3v) is 2.61. The predicted octanol–water partition coefficient (Wildman–Crippen LogP) is 1.90. The van der Waals surface area contributed by atoms with Crippen LogP contribution < -0.4 is 10.1 Å². The second-order valence-electron chi connectivity index (χ2n) is 3.65. The minimum atomic E-state index is -0.447. The van der Waals surface area contributed by atoms with Gasteiger partial charge in [0.25, 0.3) is 0 Å². The largest absolute Gasteiger partial charge is 0.481 e. The standard InChI is InChI=1S/C11H12N4O3/c1-6-10(15(16)17)9(12-2)7-4-5-8(18-3)14-11(7)13-6/h4-5H,1-3H3,(H,12,13,14). The van der Waals surface area contributed by atoms with E-state index in [9.17, 15) is 10.1 Å². The first kappa shape index (κ1) is 12.0. The first-order valence-electron chi connectivity index (χ1n) is 5.26. The fourth-order valence-electron chi connectivity index (χ4n) is 1.82. The van der Waals surface area contributed by atoms with Crippen LogP contribution in [0.3, 0.4) is 0 Å². The normalized spacial score (nSPS) is 10.4. The maximum Gasteiger partial charge on any atom is 0.314 e. The van der Waals surface area contributed by atoms with Gasteiger partial charge in [-0.05, 0) is 13.0 Å². The fourth-order valence-corrected chi connectivity index (χ4v) is 1.82. The minimum absolute atomic E-state index is 0.0306. The van der Waals surface area contributed by atoms with Crippen molar-refractivity contribution in [2.75, 3.05) is 19.5 Å². The van der Waals surface area contributed by atoms with Gasteiger partial charge in [0.1, 0.15) is 11.4 Å². The molecule has 0 saturated carbocycles. The monoisotopic (exact) mass is 248 g/mol. The number of methoxy groups -OCH3 is 1. The molecule has 2 rings (SSSR count). The van der Waals surface area contributed by atoms with Crippen LogP contribution in [0.15, 0.2) is 12.1 Å². The van der Waals surface area contributed by atoms with Gasteiger partial charge in [0, 0.05) is 18.5 Å². The molecular weight excluding hydrogens is 236 g/mol. The highest BCUT2D eigenvalue weighted by atomic mass is 16.6. The molecule has 0 saturated heterocycles. The van der Waals surface area contributed by atoms with E-state index in [1.165, 1.54) is 7.11 Å². The van der Waals surface area contributed by atoms with E-state index in [1.807, 2.05) is 0 Å². The van der Waals surface area contributed by atoms with Crippen molar-refractivity contribution in [1.29, 1.82) is 0 Å². The summed E-state index contributed by atoms with van der Waals surface area (Å²) >= 11 is 0. The van der Waals surface area contributed by atoms with Gasteiger partial charge in [0.05, 0.1) is 12.0 Å². The Balaban J connectivity index is 2.83. The number of aryl methyl sites for hydroxylation is 1. The van der Waals surface area contributed by atoms with Crippen molar-refractivity contribution in [3.8, 4) is 5.88 Å². The molecule has 7 heteroatoms. The van der Waals surface area contributed by atoms with Crippen LogP contribution in [0.2, 0.25) is 0 Å². The maximum absolute atomic E-state index is 11.0. The molecule has 0 aromatic carbocycles. The topological polar surface area (TPSA) is 90.2 Å². The molecule has 0 atom stereocenters. The molecule has 0 aliphatic rings. The molecule has 0 bridgehead atoms. The van der Waals surface area contributed by atoms with Crippen LogP contribution in [-0.2, 0) is 0 Å². The molecule has 2 aromatic heterocycles. The number of hydrogen-bond acceptors (Lipinski definition) is 6. The Bertz CT molecular complexity index is 627. The molecule has 0 unspecified atom stereocenters. The van der Waals surface area contributed by atoms with Crippen molar-refractivity contribution in [3.63, 3.8) is 0 Å². The Labute approximate surface area is 103 Å². The van der Waals surface area contributed by atoms with Crippen molar-refractivity contribution in [2.45, 2.75) is 6.92 Å². The summed E-state index contributed by atoms with van der Waals surface area (Å²) in [5, 5.41) is 14.5. The van der Waals surface area contributed by atoms with Crippen molar-refractivity contribution in [3.05, 3.63) is 27.9 Å². The lowest BCUT2D eigenvalue weighted by Gasteiger charge is -2.08. The molecule has 2 heterocycles. The van der Waals surface area contributed by atoms with Gasteiger partial charge in [-0.25, -0.2) is 4.98 Å². The molecule has 0 amide bonds. The lowest BCUT2D eigenvalue weighted by atomic mass is 10.2. The molecule has 0 radical (unpaired) electrons. The summed E-state index contributed by atoms with van der Waals surface area (Å²) in [6.07, 6.45) is 0. The van der Waals surface area contributed by atoms with Crippen LogP contribution in [0, 0.1) is 17.0 Å². The predicted molar refractivity (Wildman–Crippen MR) is 67.0 cm³/mol. The van der Waals surface area contributed by atoms with E-state index in [-0.39, 0.29) is 5.69 Å². The Kier molecular flexibility index (Phi) is 2.97. The van der Waals surface area contributed by atoms with Crippen molar-refractivity contribution in [2.24, 2.45) is 0 Å². The summed E-state index contributed by atoms with van der Waals surface area (Å²) in [6, 6.07) is 3.34. The summed E-state index contributed by atoms with van der Waals surface area (Å²) in [5.74, 6) is 0.422. The first-order chi connectivity index (χ1) is 8.58. The van der Waals surface area contributed by atoms with Gasteiger partial charge in [0.15, 0.2) is 5.65 Å². The molecule has 18 heavy (non-hydrogen) atoms. The smallest absolute Gasteiger partial charge is 0.314 e. The zero-order valence-corrected chi connectivity index (χ0v) is 10.2. The van der Waals surface area contributed by atoms with E-state index in [0.29, 0.717) is 28.3 Å². The van der Waals surface area contributed by atoms with Gasteiger partial charge in [-0.15, -0.1) is 0 Å². The van der Waals surface area contributed by atoms with Gasteiger partial charge in [-0.2, -0.15) is 4.98 Å². The average Bonchev–Trinajstić information content (AvgIpc) is 2.35. The Morgan fingerprint density at radius 1 is 1.39 bits per heavy atom. The number of anilines is 1. The highest BCUT2D eigenvalue weighted by Crippen LogP contribution is 2.33. The zero-order valence-electron chi connectivity index (χ0n) is 10.2. The van der Waals surface area contributed by atoms with Crippen LogP contribution in [-0.4, -0.2) is 29.0 Å². The average molecular weight is 248 g/mol. The lowest BCUT2D eigenvalue weighted by molar-refractivity contribution is -0.384. The summed E-state index contributed by atoms with van der Waals surface area (Å²) in [4.78, 5) is 18.9. The lowest BCUT2D eigenvalue weighted by Crippen LogP contribution is -2.03.